The molecule has 1 amide bonds. The van der Waals surface area contributed by atoms with Crippen molar-refractivity contribution < 1.29 is 4.79 Å². The van der Waals surface area contributed by atoms with Crippen molar-refractivity contribution in [2.75, 3.05) is 13.1 Å². The first kappa shape index (κ1) is 7.08. The number of carbonyl (C=O) groups excluding carboxylic acids is 1. The SMILES string of the molecule is O=C1NC2(C=CNN=C2)C12CNC2. The average Bonchev–Trinajstić information content (AvgIpc) is 2.02. The van der Waals surface area contributed by atoms with E-state index in [0.29, 0.717) is 0 Å². The quantitative estimate of drug-likeness (QED) is 0.397. The largest absolute Gasteiger partial charge is 0.340 e. The normalized spacial score (nSPS) is 38.0. The van der Waals surface area contributed by atoms with Gasteiger partial charge in [0.2, 0.25) is 5.91 Å². The lowest BCUT2D eigenvalue weighted by Gasteiger charge is -2.60. The van der Waals surface area contributed by atoms with E-state index in [4.69, 9.17) is 0 Å². The topological polar surface area (TPSA) is 65.5 Å². The highest BCUT2D eigenvalue weighted by atomic mass is 16.2. The van der Waals surface area contributed by atoms with Crippen molar-refractivity contribution in [2.24, 2.45) is 10.5 Å². The molecule has 0 aromatic rings. The number of nitrogens with one attached hydrogen (secondary N) is 3. The predicted octanol–water partition coefficient (Wildman–Crippen LogP) is -1.45. The Labute approximate surface area is 75.3 Å². The van der Waals surface area contributed by atoms with Gasteiger partial charge in [-0.05, 0) is 6.08 Å². The zero-order valence-corrected chi connectivity index (χ0v) is 7.00. The number of nitrogens with zero attached hydrogens (tertiary/aromatic N) is 1. The van der Waals surface area contributed by atoms with Gasteiger partial charge in [-0.25, -0.2) is 0 Å². The summed E-state index contributed by atoms with van der Waals surface area (Å²) in [6, 6.07) is 0. The van der Waals surface area contributed by atoms with Crippen LogP contribution in [0.3, 0.4) is 0 Å². The Bertz CT molecular complexity index is 317. The molecule has 3 heterocycles. The van der Waals surface area contributed by atoms with E-state index in [1.54, 1.807) is 12.4 Å². The number of hydrogen-bond donors (Lipinski definition) is 3. The minimum atomic E-state index is -0.333. The van der Waals surface area contributed by atoms with E-state index in [1.807, 2.05) is 6.08 Å². The lowest BCUT2D eigenvalue weighted by Crippen LogP contribution is -2.86. The van der Waals surface area contributed by atoms with E-state index >= 15 is 0 Å². The maximum absolute atomic E-state index is 11.4. The highest BCUT2D eigenvalue weighted by Crippen LogP contribution is 2.44. The summed E-state index contributed by atoms with van der Waals surface area (Å²) in [5.74, 6) is 0.129. The molecular formula is C8H10N4O. The van der Waals surface area contributed by atoms with Crippen LogP contribution < -0.4 is 16.1 Å². The molecule has 1 atom stereocenters. The van der Waals surface area contributed by atoms with Gasteiger partial charge in [-0.1, -0.05) is 0 Å². The molecule has 2 saturated heterocycles. The summed E-state index contributed by atoms with van der Waals surface area (Å²) >= 11 is 0. The van der Waals surface area contributed by atoms with Crippen LogP contribution in [-0.2, 0) is 4.79 Å². The van der Waals surface area contributed by atoms with Gasteiger partial charge < -0.3 is 10.6 Å². The van der Waals surface area contributed by atoms with Crippen LogP contribution in [0, 0.1) is 5.41 Å². The van der Waals surface area contributed by atoms with E-state index in [0.717, 1.165) is 13.1 Å². The molecule has 0 aliphatic carbocycles. The fraction of sp³-hybridized carbons (Fsp3) is 0.500. The summed E-state index contributed by atoms with van der Waals surface area (Å²) in [7, 11) is 0. The molecule has 68 valence electrons. The fourth-order valence-corrected chi connectivity index (χ4v) is 2.13. The Morgan fingerprint density at radius 3 is 2.77 bits per heavy atom. The Kier molecular flexibility index (Phi) is 1.05. The molecule has 0 radical (unpaired) electrons. The lowest BCUT2D eigenvalue weighted by atomic mass is 9.58. The zero-order chi connectivity index (χ0) is 8.94. The fourth-order valence-electron chi connectivity index (χ4n) is 2.13. The smallest absolute Gasteiger partial charge is 0.232 e. The standard InChI is InChI=1S/C8H10N4O/c13-6-7(3-9-4-7)8(12-6)1-2-10-11-5-8/h1-2,5,9-10H,3-4H2,(H,12,13). The maximum atomic E-state index is 11.4. The van der Waals surface area contributed by atoms with Gasteiger partial charge in [-0.2, -0.15) is 5.10 Å². The van der Waals surface area contributed by atoms with Crippen LogP contribution in [0.4, 0.5) is 0 Å². The molecule has 2 fully saturated rings. The van der Waals surface area contributed by atoms with Gasteiger partial charge in [0, 0.05) is 19.3 Å². The third-order valence-electron chi connectivity index (χ3n) is 3.16. The molecule has 0 bridgehead atoms. The molecule has 0 aromatic heterocycles. The average molecular weight is 178 g/mol. The number of rotatable bonds is 0. The maximum Gasteiger partial charge on any atom is 0.232 e. The molecule has 0 aromatic carbocycles. The summed E-state index contributed by atoms with van der Waals surface area (Å²) in [5, 5.41) is 9.98. The van der Waals surface area contributed by atoms with Gasteiger partial charge >= 0.3 is 0 Å². The molecule has 0 saturated carbocycles. The van der Waals surface area contributed by atoms with Crippen LogP contribution in [0.25, 0.3) is 0 Å². The van der Waals surface area contributed by atoms with E-state index < -0.39 is 0 Å². The van der Waals surface area contributed by atoms with Crippen molar-refractivity contribution >= 4 is 12.1 Å². The van der Waals surface area contributed by atoms with E-state index in [-0.39, 0.29) is 16.9 Å². The van der Waals surface area contributed by atoms with Crippen molar-refractivity contribution in [1.82, 2.24) is 16.1 Å². The molecule has 3 aliphatic rings. The molecule has 13 heavy (non-hydrogen) atoms. The summed E-state index contributed by atoms with van der Waals surface area (Å²) in [6.45, 7) is 1.49. The number of fused-ring (bicyclic) bond motifs is 1. The number of β-lactam (4-membered cyclic amide) rings is 1. The molecule has 2 spiro atoms. The number of hydrogen-bond acceptors (Lipinski definition) is 4. The first-order chi connectivity index (χ1) is 6.29. The first-order valence-electron chi connectivity index (χ1n) is 4.30. The zero-order valence-electron chi connectivity index (χ0n) is 7.00. The molecule has 3 rings (SSSR count). The third-order valence-corrected chi connectivity index (χ3v) is 3.16. The highest BCUT2D eigenvalue weighted by Gasteiger charge is 2.67. The van der Waals surface area contributed by atoms with E-state index in [1.165, 1.54) is 0 Å². The van der Waals surface area contributed by atoms with Crippen molar-refractivity contribution in [2.45, 2.75) is 5.54 Å². The number of hydrazone groups is 1. The summed E-state index contributed by atoms with van der Waals surface area (Å²) in [6.07, 6.45) is 5.50. The second kappa shape index (κ2) is 1.93. The van der Waals surface area contributed by atoms with Crippen LogP contribution in [0.15, 0.2) is 17.4 Å². The Morgan fingerprint density at radius 1 is 1.46 bits per heavy atom. The Morgan fingerprint density at radius 2 is 2.31 bits per heavy atom. The Balaban J connectivity index is 2.01. The molecule has 3 N–H and O–H groups in total. The summed E-state index contributed by atoms with van der Waals surface area (Å²) in [4.78, 5) is 11.4. The van der Waals surface area contributed by atoms with Crippen LogP contribution in [-0.4, -0.2) is 30.8 Å². The van der Waals surface area contributed by atoms with Crippen molar-refractivity contribution in [1.29, 1.82) is 0 Å². The second-order valence-corrected chi connectivity index (χ2v) is 3.73. The minimum absolute atomic E-state index is 0.129. The van der Waals surface area contributed by atoms with Crippen LogP contribution in [0.5, 0.6) is 0 Å². The van der Waals surface area contributed by atoms with Crippen molar-refractivity contribution in [3.05, 3.63) is 12.3 Å². The number of amides is 1. The van der Waals surface area contributed by atoms with Gasteiger partial charge in [0.05, 0.1) is 6.21 Å². The summed E-state index contributed by atoms with van der Waals surface area (Å²) < 4.78 is 0. The van der Waals surface area contributed by atoms with Crippen LogP contribution >= 0.6 is 0 Å². The summed E-state index contributed by atoms with van der Waals surface area (Å²) in [5.41, 5.74) is 2.12. The van der Waals surface area contributed by atoms with Crippen molar-refractivity contribution in [3.8, 4) is 0 Å². The highest BCUT2D eigenvalue weighted by molar-refractivity contribution is 6.04. The molecule has 1 unspecified atom stereocenters. The second-order valence-electron chi connectivity index (χ2n) is 3.73. The number of carbonyl (C=O) groups is 1. The molecule has 3 aliphatic heterocycles. The monoisotopic (exact) mass is 178 g/mol. The van der Waals surface area contributed by atoms with Crippen LogP contribution in [0.2, 0.25) is 0 Å². The van der Waals surface area contributed by atoms with E-state index in [9.17, 15) is 4.79 Å². The first-order valence-corrected chi connectivity index (χ1v) is 4.30. The molecule has 5 nitrogen and oxygen atoms in total. The molecular weight excluding hydrogens is 168 g/mol. The third kappa shape index (κ3) is 0.592. The van der Waals surface area contributed by atoms with Gasteiger partial charge in [0.25, 0.3) is 0 Å². The van der Waals surface area contributed by atoms with Crippen molar-refractivity contribution in [3.63, 3.8) is 0 Å². The predicted molar refractivity (Wildman–Crippen MR) is 46.9 cm³/mol. The Hall–Kier alpha value is -1.36. The van der Waals surface area contributed by atoms with Gasteiger partial charge in [-0.3, -0.25) is 10.2 Å². The lowest BCUT2D eigenvalue weighted by molar-refractivity contribution is -0.152. The van der Waals surface area contributed by atoms with Crippen LogP contribution in [0.1, 0.15) is 0 Å². The van der Waals surface area contributed by atoms with Gasteiger partial charge in [0.1, 0.15) is 11.0 Å². The van der Waals surface area contributed by atoms with Gasteiger partial charge in [-0.15, -0.1) is 0 Å². The van der Waals surface area contributed by atoms with Gasteiger partial charge in [0.15, 0.2) is 0 Å². The minimum Gasteiger partial charge on any atom is -0.340 e. The van der Waals surface area contributed by atoms with E-state index in [2.05, 4.69) is 21.2 Å². The molecule has 5 heteroatoms.